The Morgan fingerprint density at radius 2 is 1.80 bits per heavy atom. The van der Waals surface area contributed by atoms with E-state index in [1.54, 1.807) is 19.1 Å². The summed E-state index contributed by atoms with van der Waals surface area (Å²) in [4.78, 5) is 53.3. The first kappa shape index (κ1) is 38.3. The lowest BCUT2D eigenvalue weighted by molar-refractivity contribution is -0.287. The fourth-order valence-electron chi connectivity index (χ4n) is 7.02. The molecule has 0 aromatic rings. The second-order valence-electron chi connectivity index (χ2n) is 14.1. The van der Waals surface area contributed by atoms with E-state index < -0.39 is 60.0 Å². The van der Waals surface area contributed by atoms with Crippen LogP contribution in [0, 0.1) is 23.7 Å². The Kier molecular flexibility index (Phi) is 14.0. The fourth-order valence-corrected chi connectivity index (χ4v) is 7.02. The standard InChI is InChI=1S/C35H57NO10/c1-10-12-29(40)44-32-25(36(8)9)18-21(4)42-34(32)45-31-22(5)27(39)19-30(41)43-28(11-2)23(6)33-35(7,46-33)15-13-26(38)20(3)17-24(31)14-16-37/h13,15-16,20-25,27-28,31-34,39H,10-12,14,17-19H2,1-9H3/b15-13+/t20-,21+,22+,23-,24+,25-,27-,28-,31-,32+,33+,34-,35+/m1/s1. The molecule has 3 aliphatic rings. The van der Waals surface area contributed by atoms with Crippen molar-refractivity contribution < 1.29 is 48.0 Å². The molecule has 0 spiro atoms. The molecule has 3 aliphatic heterocycles. The minimum absolute atomic E-state index is 0.0471. The number of carbonyl (C=O) groups is 4. The topological polar surface area (TPSA) is 141 Å². The van der Waals surface area contributed by atoms with Gasteiger partial charge in [-0.1, -0.05) is 34.6 Å². The van der Waals surface area contributed by atoms with E-state index in [-0.39, 0.29) is 61.6 Å². The van der Waals surface area contributed by atoms with Crippen LogP contribution in [0.4, 0.5) is 0 Å². The van der Waals surface area contributed by atoms with Crippen molar-refractivity contribution in [2.75, 3.05) is 14.1 Å². The number of hydrogen-bond acceptors (Lipinski definition) is 11. The molecule has 2 fully saturated rings. The molecule has 46 heavy (non-hydrogen) atoms. The molecule has 0 amide bonds. The summed E-state index contributed by atoms with van der Waals surface area (Å²) < 4.78 is 30.8. The molecule has 0 bridgehead atoms. The molecular weight excluding hydrogens is 594 g/mol. The number of allylic oxidation sites excluding steroid dienone is 1. The Bertz CT molecular complexity index is 1080. The van der Waals surface area contributed by atoms with Gasteiger partial charge in [0.2, 0.25) is 0 Å². The summed E-state index contributed by atoms with van der Waals surface area (Å²) in [6.45, 7) is 13.2. The third-order valence-corrected chi connectivity index (χ3v) is 9.99. The van der Waals surface area contributed by atoms with Crippen molar-refractivity contribution in [3.05, 3.63) is 12.2 Å². The van der Waals surface area contributed by atoms with Crippen LogP contribution in [0.15, 0.2) is 12.2 Å². The first-order valence-corrected chi connectivity index (χ1v) is 17.0. The summed E-state index contributed by atoms with van der Waals surface area (Å²) in [6, 6.07) is -0.214. The van der Waals surface area contributed by atoms with Gasteiger partial charge in [0.25, 0.3) is 0 Å². The molecule has 11 heteroatoms. The molecule has 262 valence electrons. The Hall–Kier alpha value is -2.18. The number of aliphatic hydroxyl groups is 1. The molecule has 2 saturated heterocycles. The van der Waals surface area contributed by atoms with E-state index in [0.717, 1.165) is 6.29 Å². The van der Waals surface area contributed by atoms with E-state index in [4.69, 9.17) is 23.7 Å². The number of ether oxygens (including phenoxy) is 5. The lowest BCUT2D eigenvalue weighted by Gasteiger charge is -2.45. The van der Waals surface area contributed by atoms with Gasteiger partial charge in [0.1, 0.15) is 18.0 Å². The summed E-state index contributed by atoms with van der Waals surface area (Å²) in [5.74, 6) is -2.83. The second-order valence-corrected chi connectivity index (χ2v) is 14.1. The van der Waals surface area contributed by atoms with Crippen molar-refractivity contribution in [2.24, 2.45) is 23.7 Å². The van der Waals surface area contributed by atoms with Crippen LogP contribution in [0.5, 0.6) is 0 Å². The maximum absolute atomic E-state index is 13.4. The van der Waals surface area contributed by atoms with Gasteiger partial charge in [0.05, 0.1) is 36.9 Å². The number of epoxide rings is 1. The number of aldehydes is 1. The summed E-state index contributed by atoms with van der Waals surface area (Å²) >= 11 is 0. The number of hydrogen-bond donors (Lipinski definition) is 1. The molecule has 0 aromatic carbocycles. The average molecular weight is 652 g/mol. The molecule has 3 heterocycles. The highest BCUT2D eigenvalue weighted by Gasteiger charge is 2.55. The van der Waals surface area contributed by atoms with Crippen LogP contribution in [-0.4, -0.2) is 103 Å². The molecule has 0 radical (unpaired) electrons. The summed E-state index contributed by atoms with van der Waals surface area (Å²) in [5.41, 5.74) is -0.657. The molecule has 3 rings (SSSR count). The van der Waals surface area contributed by atoms with Gasteiger partial charge in [-0.2, -0.15) is 0 Å². The van der Waals surface area contributed by atoms with Crippen LogP contribution < -0.4 is 0 Å². The minimum atomic E-state index is -1.19. The zero-order chi connectivity index (χ0) is 34.3. The summed E-state index contributed by atoms with van der Waals surface area (Å²) in [6.07, 6.45) is 1.45. The Balaban J connectivity index is 2.01. The molecule has 0 saturated carbocycles. The van der Waals surface area contributed by atoms with E-state index >= 15 is 0 Å². The van der Waals surface area contributed by atoms with Crippen molar-refractivity contribution in [1.82, 2.24) is 4.90 Å². The van der Waals surface area contributed by atoms with Crippen LogP contribution in [-0.2, 0) is 42.9 Å². The van der Waals surface area contributed by atoms with Gasteiger partial charge in [-0.3, -0.25) is 14.4 Å². The highest BCUT2D eigenvalue weighted by atomic mass is 16.7. The molecule has 1 N–H and O–H groups in total. The molecule has 11 nitrogen and oxygen atoms in total. The lowest BCUT2D eigenvalue weighted by atomic mass is 9.79. The normalized spacial score (nSPS) is 41.7. The maximum atomic E-state index is 13.4. The third-order valence-electron chi connectivity index (χ3n) is 9.99. The first-order chi connectivity index (χ1) is 21.6. The van der Waals surface area contributed by atoms with Gasteiger partial charge in [0, 0.05) is 30.6 Å². The number of likely N-dealkylation sites (N-methyl/N-ethyl adjacent to an activating group) is 1. The fraction of sp³-hybridized carbons (Fsp3) is 0.829. The number of aliphatic hydroxyl groups excluding tert-OH is 1. The number of rotatable bonds is 9. The number of esters is 2. The van der Waals surface area contributed by atoms with E-state index in [1.165, 1.54) is 0 Å². The van der Waals surface area contributed by atoms with Gasteiger partial charge >= 0.3 is 11.9 Å². The molecule has 0 aliphatic carbocycles. The highest BCUT2D eigenvalue weighted by Crippen LogP contribution is 2.45. The largest absolute Gasteiger partial charge is 0.462 e. The van der Waals surface area contributed by atoms with Crippen LogP contribution in [0.3, 0.4) is 0 Å². The van der Waals surface area contributed by atoms with E-state index in [2.05, 4.69) is 0 Å². The van der Waals surface area contributed by atoms with Crippen LogP contribution in [0.1, 0.15) is 93.4 Å². The van der Waals surface area contributed by atoms with Crippen molar-refractivity contribution >= 4 is 24.0 Å². The highest BCUT2D eigenvalue weighted by molar-refractivity contribution is 5.91. The lowest BCUT2D eigenvalue weighted by Crippen LogP contribution is -2.57. The third kappa shape index (κ3) is 9.69. The zero-order valence-electron chi connectivity index (χ0n) is 29.2. The molecule has 13 atom stereocenters. The van der Waals surface area contributed by atoms with Gasteiger partial charge < -0.3 is 38.5 Å². The monoisotopic (exact) mass is 651 g/mol. The maximum Gasteiger partial charge on any atom is 0.308 e. The number of carbonyl (C=O) groups excluding carboxylic acids is 4. The number of fused-ring (bicyclic) bond motifs is 1. The molecule has 0 unspecified atom stereocenters. The van der Waals surface area contributed by atoms with E-state index in [0.29, 0.717) is 19.3 Å². The van der Waals surface area contributed by atoms with E-state index in [1.807, 2.05) is 60.5 Å². The van der Waals surface area contributed by atoms with Crippen molar-refractivity contribution in [1.29, 1.82) is 0 Å². The Labute approximate surface area is 274 Å². The zero-order valence-corrected chi connectivity index (χ0v) is 29.2. The minimum Gasteiger partial charge on any atom is -0.462 e. The van der Waals surface area contributed by atoms with Crippen molar-refractivity contribution in [3.8, 4) is 0 Å². The number of cyclic esters (lactones) is 1. The molecule has 0 aromatic heterocycles. The van der Waals surface area contributed by atoms with Gasteiger partial charge in [-0.05, 0) is 71.7 Å². The molecular formula is C35H57NO10. The average Bonchev–Trinajstić information content (AvgIpc) is 3.68. The number of nitrogens with zero attached hydrogens (tertiary/aromatic N) is 1. The Morgan fingerprint density at radius 1 is 1.11 bits per heavy atom. The smallest absolute Gasteiger partial charge is 0.308 e. The first-order valence-electron chi connectivity index (χ1n) is 17.0. The van der Waals surface area contributed by atoms with Crippen LogP contribution in [0.25, 0.3) is 0 Å². The van der Waals surface area contributed by atoms with Crippen molar-refractivity contribution in [3.63, 3.8) is 0 Å². The predicted octanol–water partition coefficient (Wildman–Crippen LogP) is 4.02. The van der Waals surface area contributed by atoms with Gasteiger partial charge in [-0.25, -0.2) is 0 Å². The summed E-state index contributed by atoms with van der Waals surface area (Å²) in [5, 5.41) is 11.5. The quantitative estimate of drug-likeness (QED) is 0.220. The van der Waals surface area contributed by atoms with E-state index in [9.17, 15) is 24.3 Å². The predicted molar refractivity (Wildman–Crippen MR) is 171 cm³/mol. The van der Waals surface area contributed by atoms with Gasteiger partial charge in [-0.15, -0.1) is 0 Å². The summed E-state index contributed by atoms with van der Waals surface area (Å²) in [7, 11) is 3.81. The van der Waals surface area contributed by atoms with Crippen LogP contribution in [0.2, 0.25) is 0 Å². The van der Waals surface area contributed by atoms with Gasteiger partial charge in [0.15, 0.2) is 18.2 Å². The SMILES string of the molecule is CCCC(=O)O[C@@H]1[C@@H](O[C@H]2[C@@H](CC=O)C[C@@H](C)C(=O)/C=C/[C@]3(C)O[C@H]3[C@H](C)[C@@H](CC)OC(=O)C[C@@H](O)[C@@H]2C)O[C@@H](C)C[C@H]1N(C)C. The Morgan fingerprint density at radius 3 is 2.41 bits per heavy atom. The number of ketones is 1. The second kappa shape index (κ2) is 16.8. The van der Waals surface area contributed by atoms with Crippen LogP contribution >= 0.6 is 0 Å². The van der Waals surface area contributed by atoms with Crippen molar-refractivity contribution in [2.45, 2.75) is 148 Å².